The van der Waals surface area contributed by atoms with Gasteiger partial charge in [-0.1, -0.05) is 55.5 Å². The molecule has 1 saturated heterocycles. The summed E-state index contributed by atoms with van der Waals surface area (Å²) in [6, 6.07) is 22.0. The summed E-state index contributed by atoms with van der Waals surface area (Å²) in [7, 11) is 0. The first kappa shape index (κ1) is 26.4. The molecule has 4 rings (SSSR count). The molecule has 0 radical (unpaired) electrons. The Morgan fingerprint density at radius 1 is 1.00 bits per heavy atom. The molecule has 194 valence electrons. The number of nitrogens with zero attached hydrogens (tertiary/aromatic N) is 2. The molecule has 0 spiro atoms. The van der Waals surface area contributed by atoms with Crippen molar-refractivity contribution in [2.45, 2.75) is 51.4 Å². The predicted molar refractivity (Wildman–Crippen MR) is 144 cm³/mol. The number of likely N-dealkylation sites (tertiary alicyclic amines) is 1. The van der Waals surface area contributed by atoms with E-state index in [1.807, 2.05) is 59.6 Å². The van der Waals surface area contributed by atoms with E-state index in [2.05, 4.69) is 30.1 Å². The topological polar surface area (TPSA) is 79.7 Å². The summed E-state index contributed by atoms with van der Waals surface area (Å²) < 4.78 is 5.84. The summed E-state index contributed by atoms with van der Waals surface area (Å²) in [6.07, 6.45) is 5.76. The van der Waals surface area contributed by atoms with E-state index in [1.54, 1.807) is 0 Å². The van der Waals surface area contributed by atoms with Gasteiger partial charge in [0.25, 0.3) is 0 Å². The van der Waals surface area contributed by atoms with Gasteiger partial charge in [0.15, 0.2) is 0 Å². The average molecular weight is 501 g/mol. The molecule has 0 aliphatic carbocycles. The number of carbonyl (C=O) groups excluding carboxylic acids is 1. The van der Waals surface area contributed by atoms with Crippen molar-refractivity contribution < 1.29 is 19.4 Å². The molecule has 1 unspecified atom stereocenters. The lowest BCUT2D eigenvalue weighted by atomic mass is 9.89. The van der Waals surface area contributed by atoms with Gasteiger partial charge in [-0.3, -0.25) is 14.6 Å². The van der Waals surface area contributed by atoms with E-state index in [4.69, 9.17) is 4.74 Å². The van der Waals surface area contributed by atoms with Crippen molar-refractivity contribution in [1.82, 2.24) is 9.88 Å². The number of hydrogen-bond acceptors (Lipinski definition) is 4. The number of ether oxygens (including phenoxy) is 1. The Bertz CT molecular complexity index is 1140. The number of aryl methyl sites for hydroxylation is 1. The minimum absolute atomic E-state index is 0.0212. The summed E-state index contributed by atoms with van der Waals surface area (Å²) in [5.74, 6) is -0.561. The molecule has 37 heavy (non-hydrogen) atoms. The average Bonchev–Trinajstić information content (AvgIpc) is 2.94. The maximum absolute atomic E-state index is 12.9. The van der Waals surface area contributed by atoms with Crippen LogP contribution in [-0.2, 0) is 28.9 Å². The highest BCUT2D eigenvalue weighted by Gasteiger charge is 2.28. The Balaban J connectivity index is 1.23. The van der Waals surface area contributed by atoms with Crippen LogP contribution in [0.1, 0.15) is 54.5 Å². The molecule has 0 saturated carbocycles. The smallest absolute Gasteiger partial charge is 0.307 e. The molecular formula is C31H36N2O4. The van der Waals surface area contributed by atoms with Gasteiger partial charge in [-0.05, 0) is 66.5 Å². The molecule has 6 heteroatoms. The third kappa shape index (κ3) is 7.66. The van der Waals surface area contributed by atoms with Gasteiger partial charge in [-0.15, -0.1) is 0 Å². The molecule has 1 atom stereocenters. The first-order valence-corrected chi connectivity index (χ1v) is 13.2. The van der Waals surface area contributed by atoms with Gasteiger partial charge >= 0.3 is 5.97 Å². The second-order valence-electron chi connectivity index (χ2n) is 9.76. The van der Waals surface area contributed by atoms with Crippen LogP contribution in [-0.4, -0.2) is 46.6 Å². The Morgan fingerprint density at radius 2 is 1.70 bits per heavy atom. The number of aliphatic carboxylic acids is 1. The van der Waals surface area contributed by atoms with E-state index in [0.717, 1.165) is 42.7 Å². The molecule has 6 nitrogen and oxygen atoms in total. The first-order chi connectivity index (χ1) is 18.0. The van der Waals surface area contributed by atoms with Crippen LogP contribution in [0, 0.1) is 5.92 Å². The zero-order valence-electron chi connectivity index (χ0n) is 21.5. The van der Waals surface area contributed by atoms with Gasteiger partial charge < -0.3 is 14.7 Å². The van der Waals surface area contributed by atoms with Crippen LogP contribution in [0.4, 0.5) is 0 Å². The van der Waals surface area contributed by atoms with Gasteiger partial charge in [0.1, 0.15) is 5.75 Å². The molecule has 1 aromatic heterocycles. The summed E-state index contributed by atoms with van der Waals surface area (Å²) in [5.41, 5.74) is 4.40. The SMILES string of the molecule is CCc1ccc(CCOc2ccc(CC(CC(=O)N3CCC(c4ccccc4)CC3)C(=O)O)cc2)nc1. The monoisotopic (exact) mass is 500 g/mol. The fourth-order valence-electron chi connectivity index (χ4n) is 4.87. The third-order valence-corrected chi connectivity index (χ3v) is 7.22. The number of carbonyl (C=O) groups is 2. The van der Waals surface area contributed by atoms with Crippen LogP contribution >= 0.6 is 0 Å². The number of aromatic nitrogens is 1. The van der Waals surface area contributed by atoms with Crippen molar-refractivity contribution in [1.29, 1.82) is 0 Å². The van der Waals surface area contributed by atoms with E-state index >= 15 is 0 Å². The van der Waals surface area contributed by atoms with Gasteiger partial charge in [0, 0.05) is 37.8 Å². The fraction of sp³-hybridized carbons (Fsp3) is 0.387. The summed E-state index contributed by atoms with van der Waals surface area (Å²) >= 11 is 0. The van der Waals surface area contributed by atoms with Gasteiger partial charge in [0.05, 0.1) is 12.5 Å². The van der Waals surface area contributed by atoms with Crippen LogP contribution in [0.2, 0.25) is 0 Å². The maximum Gasteiger partial charge on any atom is 0.307 e. The molecule has 3 aromatic rings. The molecule has 1 N–H and O–H groups in total. The number of hydrogen-bond donors (Lipinski definition) is 1. The molecule has 2 heterocycles. The zero-order chi connectivity index (χ0) is 26.0. The molecular weight excluding hydrogens is 464 g/mol. The van der Waals surface area contributed by atoms with Gasteiger partial charge in [0.2, 0.25) is 5.91 Å². The van der Waals surface area contributed by atoms with Crippen molar-refractivity contribution in [3.8, 4) is 5.75 Å². The Morgan fingerprint density at radius 3 is 2.32 bits per heavy atom. The second-order valence-corrected chi connectivity index (χ2v) is 9.76. The Hall–Kier alpha value is -3.67. The van der Waals surface area contributed by atoms with E-state index in [-0.39, 0.29) is 12.3 Å². The van der Waals surface area contributed by atoms with E-state index in [1.165, 1.54) is 11.1 Å². The number of carboxylic acids is 1. The molecule has 1 aliphatic rings. The molecule has 1 fully saturated rings. The van der Waals surface area contributed by atoms with Crippen LogP contribution in [0.5, 0.6) is 5.75 Å². The molecule has 0 bridgehead atoms. The predicted octanol–water partition coefficient (Wildman–Crippen LogP) is 5.31. The lowest BCUT2D eigenvalue weighted by Crippen LogP contribution is -2.39. The number of benzene rings is 2. The van der Waals surface area contributed by atoms with Gasteiger partial charge in [-0.25, -0.2) is 0 Å². The highest BCUT2D eigenvalue weighted by Crippen LogP contribution is 2.28. The van der Waals surface area contributed by atoms with Crippen molar-refractivity contribution in [3.63, 3.8) is 0 Å². The summed E-state index contributed by atoms with van der Waals surface area (Å²) in [4.78, 5) is 31.1. The highest BCUT2D eigenvalue weighted by molar-refractivity contribution is 5.82. The van der Waals surface area contributed by atoms with Crippen molar-refractivity contribution in [3.05, 3.63) is 95.3 Å². The maximum atomic E-state index is 12.9. The summed E-state index contributed by atoms with van der Waals surface area (Å²) in [6.45, 7) is 3.98. The van der Waals surface area contributed by atoms with E-state index in [0.29, 0.717) is 32.0 Å². The van der Waals surface area contributed by atoms with Crippen molar-refractivity contribution in [2.24, 2.45) is 5.92 Å². The normalized spacial score (nSPS) is 14.8. The molecule has 2 aromatic carbocycles. The number of pyridine rings is 1. The largest absolute Gasteiger partial charge is 0.493 e. The quantitative estimate of drug-likeness (QED) is 0.386. The van der Waals surface area contributed by atoms with E-state index in [9.17, 15) is 14.7 Å². The molecule has 1 aliphatic heterocycles. The van der Waals surface area contributed by atoms with Crippen LogP contribution in [0.25, 0.3) is 0 Å². The van der Waals surface area contributed by atoms with E-state index < -0.39 is 11.9 Å². The van der Waals surface area contributed by atoms with Gasteiger partial charge in [-0.2, -0.15) is 0 Å². The Labute approximate surface area is 219 Å². The third-order valence-electron chi connectivity index (χ3n) is 7.22. The molecule has 1 amide bonds. The minimum atomic E-state index is -0.936. The fourth-order valence-corrected chi connectivity index (χ4v) is 4.87. The van der Waals surface area contributed by atoms with Crippen molar-refractivity contribution in [2.75, 3.05) is 19.7 Å². The number of piperidine rings is 1. The highest BCUT2D eigenvalue weighted by atomic mass is 16.5. The second kappa shape index (κ2) is 13.0. The van der Waals surface area contributed by atoms with Crippen LogP contribution < -0.4 is 4.74 Å². The van der Waals surface area contributed by atoms with Crippen LogP contribution in [0.15, 0.2) is 72.9 Å². The summed E-state index contributed by atoms with van der Waals surface area (Å²) in [5, 5.41) is 9.78. The zero-order valence-corrected chi connectivity index (χ0v) is 21.5. The Kier molecular flexibility index (Phi) is 9.30. The minimum Gasteiger partial charge on any atom is -0.493 e. The number of rotatable bonds is 11. The number of carboxylic acid groups (broad SMARTS) is 1. The number of amides is 1. The van der Waals surface area contributed by atoms with Crippen LogP contribution in [0.3, 0.4) is 0 Å². The van der Waals surface area contributed by atoms with Crippen molar-refractivity contribution >= 4 is 11.9 Å². The first-order valence-electron chi connectivity index (χ1n) is 13.2. The lowest BCUT2D eigenvalue weighted by Gasteiger charge is -2.33. The lowest BCUT2D eigenvalue weighted by molar-refractivity contribution is -0.146. The standard InChI is InChI=1S/C31H36N2O4/c1-2-23-8-11-28(32-22-23)16-19-37-29-12-9-24(10-13-29)20-27(31(35)36)21-30(34)33-17-14-26(15-18-33)25-6-4-3-5-7-25/h3-13,22,26-27H,2,14-21H2,1H3,(H,35,36).